The van der Waals surface area contributed by atoms with E-state index in [4.69, 9.17) is 30.5 Å². The number of halogens is 1. The van der Waals surface area contributed by atoms with E-state index in [2.05, 4.69) is 4.98 Å². The van der Waals surface area contributed by atoms with Crippen molar-refractivity contribution in [3.05, 3.63) is 82.0 Å². The lowest BCUT2D eigenvalue weighted by molar-refractivity contribution is 0.0528. The van der Waals surface area contributed by atoms with E-state index in [1.807, 2.05) is 53.9 Å². The fraction of sp³-hybridized carbons (Fsp3) is 0.231. The highest BCUT2D eigenvalue weighted by Gasteiger charge is 2.18. The predicted molar refractivity (Wildman–Crippen MR) is 135 cm³/mol. The van der Waals surface area contributed by atoms with Crippen molar-refractivity contribution in [2.75, 3.05) is 13.7 Å². The summed E-state index contributed by atoms with van der Waals surface area (Å²) in [7, 11) is 1.64. The van der Waals surface area contributed by atoms with Crippen LogP contribution in [0.1, 0.15) is 35.8 Å². The van der Waals surface area contributed by atoms with Gasteiger partial charge in [0.2, 0.25) is 0 Å². The Morgan fingerprint density at radius 2 is 1.74 bits per heavy atom. The van der Waals surface area contributed by atoms with Crippen LogP contribution in [-0.2, 0) is 18.0 Å². The van der Waals surface area contributed by atoms with E-state index in [1.54, 1.807) is 14.0 Å². The lowest BCUT2D eigenvalue weighted by Crippen LogP contribution is -2.05. The van der Waals surface area contributed by atoms with Crippen LogP contribution in [0.3, 0.4) is 0 Å². The van der Waals surface area contributed by atoms with Crippen molar-refractivity contribution in [2.24, 2.45) is 0 Å². The van der Waals surface area contributed by atoms with E-state index in [1.165, 1.54) is 17.5 Å². The van der Waals surface area contributed by atoms with Gasteiger partial charge in [0.25, 0.3) is 0 Å². The van der Waals surface area contributed by atoms with Gasteiger partial charge >= 0.3 is 5.97 Å². The minimum Gasteiger partial charge on any atom is -0.497 e. The molecule has 0 aliphatic rings. The minimum atomic E-state index is -0.414. The van der Waals surface area contributed by atoms with Gasteiger partial charge in [0.1, 0.15) is 35.6 Å². The quantitative estimate of drug-likeness (QED) is 0.184. The summed E-state index contributed by atoms with van der Waals surface area (Å²) in [6.45, 7) is 2.76. The molecule has 0 aliphatic carbocycles. The van der Waals surface area contributed by atoms with Crippen molar-refractivity contribution < 1.29 is 23.7 Å². The fourth-order valence-electron chi connectivity index (χ4n) is 3.23. The predicted octanol–water partition coefficient (Wildman–Crippen LogP) is 6.93. The van der Waals surface area contributed by atoms with Crippen LogP contribution in [0, 0.1) is 0 Å². The number of carbonyl (C=O) groups excluding carboxylic acids is 1. The summed E-state index contributed by atoms with van der Waals surface area (Å²) in [5.41, 5.74) is 2.29. The molecule has 0 spiro atoms. The number of pyridine rings is 1. The van der Waals surface area contributed by atoms with Gasteiger partial charge in [0.05, 0.1) is 24.0 Å². The molecule has 0 saturated heterocycles. The number of rotatable bonds is 9. The van der Waals surface area contributed by atoms with Gasteiger partial charge in [0.15, 0.2) is 0 Å². The highest BCUT2D eigenvalue weighted by Crippen LogP contribution is 2.34. The number of thiophene rings is 1. The van der Waals surface area contributed by atoms with Gasteiger partial charge in [-0.3, -0.25) is 0 Å². The Morgan fingerprint density at radius 3 is 2.41 bits per heavy atom. The molecule has 6 nitrogen and oxygen atoms in total. The number of carbonyl (C=O) groups is 1. The first-order valence-corrected chi connectivity index (χ1v) is 11.5. The maximum atomic E-state index is 12.2. The molecule has 2 aromatic carbocycles. The summed E-state index contributed by atoms with van der Waals surface area (Å²) in [4.78, 5) is 16.4. The monoisotopic (exact) mass is 499 g/mol. The van der Waals surface area contributed by atoms with Crippen molar-refractivity contribution >= 4 is 39.0 Å². The van der Waals surface area contributed by atoms with E-state index in [-0.39, 0.29) is 14.0 Å². The third kappa shape index (κ3) is 5.79. The molecule has 4 rings (SSSR count). The lowest BCUT2D eigenvalue weighted by Gasteiger charge is -2.10. The van der Waals surface area contributed by atoms with Gasteiger partial charge < -0.3 is 18.9 Å². The Kier molecular flexibility index (Phi) is 8.73. The first-order chi connectivity index (χ1) is 16.1. The van der Waals surface area contributed by atoms with E-state index in [9.17, 15) is 4.79 Å². The zero-order valence-electron chi connectivity index (χ0n) is 18.2. The Labute approximate surface area is 208 Å². The van der Waals surface area contributed by atoms with Crippen LogP contribution in [0.5, 0.6) is 17.2 Å². The minimum absolute atomic E-state index is 0. The molecule has 2 heterocycles. The van der Waals surface area contributed by atoms with Crippen LogP contribution < -0.4 is 14.2 Å². The molecule has 34 heavy (non-hydrogen) atoms. The largest absolute Gasteiger partial charge is 0.497 e. The number of ether oxygens (including phenoxy) is 4. The molecule has 0 fully saturated rings. The number of hydrogen-bond donors (Lipinski definition) is 0. The normalized spacial score (nSPS) is 10.4. The highest BCUT2D eigenvalue weighted by atomic mass is 35.5. The Morgan fingerprint density at radius 1 is 1.03 bits per heavy atom. The summed E-state index contributed by atoms with van der Waals surface area (Å²) in [5, 5.41) is 2.96. The molecule has 0 bridgehead atoms. The lowest BCUT2D eigenvalue weighted by atomic mass is 10.2. The number of esters is 1. The Hall–Kier alpha value is -3.29. The van der Waals surface area contributed by atoms with E-state index >= 15 is 0 Å². The molecule has 0 saturated carbocycles. The van der Waals surface area contributed by atoms with Gasteiger partial charge in [-0.1, -0.05) is 37.2 Å². The van der Waals surface area contributed by atoms with Crippen LogP contribution in [0.25, 0.3) is 10.1 Å². The maximum Gasteiger partial charge on any atom is 0.341 e. The van der Waals surface area contributed by atoms with Crippen molar-refractivity contribution in [2.45, 2.75) is 27.6 Å². The van der Waals surface area contributed by atoms with Gasteiger partial charge in [-0.05, 0) is 42.1 Å². The maximum absolute atomic E-state index is 12.2. The summed E-state index contributed by atoms with van der Waals surface area (Å²) < 4.78 is 22.9. The summed E-state index contributed by atoms with van der Waals surface area (Å²) in [6.07, 6.45) is 1.45. The second kappa shape index (κ2) is 11.7. The molecule has 0 amide bonds. The molecule has 0 unspecified atom stereocenters. The molecule has 2 aromatic heterocycles. The van der Waals surface area contributed by atoms with Gasteiger partial charge in [-0.25, -0.2) is 9.78 Å². The molecule has 0 radical (unpaired) electrons. The van der Waals surface area contributed by atoms with Crippen molar-refractivity contribution in [3.8, 4) is 17.2 Å². The standard InChI is InChI=1S/C25H22ClNO5S.CH4/c1-3-30-25(28)21-12-27-24(26)22-17(15-33-23(21)22)14-32-20-6-4-5-19(11-20)31-13-16-7-9-18(29-2)10-8-16;/h4-12,15H,3,13-14H2,1-2H3;1H4. The van der Waals surface area contributed by atoms with Crippen LogP contribution >= 0.6 is 22.9 Å². The van der Waals surface area contributed by atoms with E-state index in [0.29, 0.717) is 40.8 Å². The van der Waals surface area contributed by atoms with Crippen molar-refractivity contribution in [1.82, 2.24) is 4.98 Å². The molecule has 0 atom stereocenters. The number of nitrogens with zero attached hydrogens (tertiary/aromatic N) is 1. The van der Waals surface area contributed by atoms with Crippen LogP contribution in [-0.4, -0.2) is 24.7 Å². The third-order valence-corrected chi connectivity index (χ3v) is 6.23. The second-order valence-electron chi connectivity index (χ2n) is 7.05. The van der Waals surface area contributed by atoms with Gasteiger partial charge in [-0.15, -0.1) is 11.3 Å². The van der Waals surface area contributed by atoms with Crippen LogP contribution in [0.4, 0.5) is 0 Å². The smallest absolute Gasteiger partial charge is 0.341 e. The molecule has 4 aromatic rings. The summed E-state index contributed by atoms with van der Waals surface area (Å²) in [6, 6.07) is 15.2. The average Bonchev–Trinajstić information content (AvgIpc) is 3.27. The van der Waals surface area contributed by atoms with E-state index in [0.717, 1.165) is 21.6 Å². The molecule has 8 heteroatoms. The first-order valence-electron chi connectivity index (χ1n) is 10.3. The molecule has 0 N–H and O–H groups in total. The van der Waals surface area contributed by atoms with Crippen molar-refractivity contribution in [1.29, 1.82) is 0 Å². The summed E-state index contributed by atoms with van der Waals surface area (Å²) in [5.74, 6) is 1.75. The summed E-state index contributed by atoms with van der Waals surface area (Å²) >= 11 is 7.76. The first kappa shape index (κ1) is 25.3. The Bertz CT molecular complexity index is 1260. The van der Waals surface area contributed by atoms with Crippen LogP contribution in [0.15, 0.2) is 60.1 Å². The van der Waals surface area contributed by atoms with E-state index < -0.39 is 5.97 Å². The van der Waals surface area contributed by atoms with Crippen LogP contribution in [0.2, 0.25) is 5.15 Å². The zero-order valence-corrected chi connectivity index (χ0v) is 19.7. The Balaban J connectivity index is 0.00000324. The number of hydrogen-bond acceptors (Lipinski definition) is 7. The van der Waals surface area contributed by atoms with Gasteiger partial charge in [0, 0.05) is 23.2 Å². The third-order valence-electron chi connectivity index (χ3n) is 4.88. The van der Waals surface area contributed by atoms with Crippen molar-refractivity contribution in [3.63, 3.8) is 0 Å². The number of fused-ring (bicyclic) bond motifs is 1. The molecule has 178 valence electrons. The number of methoxy groups -OCH3 is 1. The average molecular weight is 500 g/mol. The number of benzene rings is 2. The fourth-order valence-corrected chi connectivity index (χ4v) is 4.60. The molecule has 0 aliphatic heterocycles. The van der Waals surface area contributed by atoms with Gasteiger partial charge in [-0.2, -0.15) is 0 Å². The SMILES string of the molecule is C.CCOC(=O)c1cnc(Cl)c2c(COc3cccc(OCc4ccc(OC)cc4)c3)csc12. The highest BCUT2D eigenvalue weighted by molar-refractivity contribution is 7.17. The molecular weight excluding hydrogens is 474 g/mol. The zero-order chi connectivity index (χ0) is 23.2. The second-order valence-corrected chi connectivity index (χ2v) is 8.29. The molecular formula is C26H26ClNO5S. The topological polar surface area (TPSA) is 66.9 Å². The number of aromatic nitrogens is 1.